The average Bonchev–Trinajstić information content (AvgIpc) is 3.53. The molecule has 0 aromatic rings. The van der Waals surface area contributed by atoms with Gasteiger partial charge in [0.05, 0.1) is 13.2 Å². The van der Waals surface area contributed by atoms with E-state index >= 15 is 0 Å². The van der Waals surface area contributed by atoms with E-state index in [2.05, 4.69) is 72.0 Å². The highest BCUT2D eigenvalue weighted by atomic mass is 28.5. The Morgan fingerprint density at radius 2 is 1.21 bits per heavy atom. The van der Waals surface area contributed by atoms with Crippen LogP contribution in [0.2, 0.25) is 90.1 Å². The van der Waals surface area contributed by atoms with Gasteiger partial charge in [-0.25, -0.2) is 0 Å². The van der Waals surface area contributed by atoms with Gasteiger partial charge in [-0.15, -0.1) is 0 Å². The van der Waals surface area contributed by atoms with E-state index in [1.807, 2.05) is 0 Å². The van der Waals surface area contributed by atoms with Crippen molar-refractivity contribution in [3.63, 3.8) is 0 Å². The summed E-state index contributed by atoms with van der Waals surface area (Å²) in [7, 11) is -11.6. The Balaban J connectivity index is 3.19. The van der Waals surface area contributed by atoms with Crippen molar-refractivity contribution >= 4 is 60.4 Å². The summed E-state index contributed by atoms with van der Waals surface area (Å²) in [5.74, 6) is 0. The Hall–Kier alpha value is 1.12. The van der Waals surface area contributed by atoms with Gasteiger partial charge in [-0.1, -0.05) is 0 Å². The first-order chi connectivity index (χ1) is 17.2. The summed E-state index contributed by atoms with van der Waals surface area (Å²) in [5, 5.41) is 0. The maximum Gasteiger partial charge on any atom is 0.500 e. The summed E-state index contributed by atoms with van der Waals surface area (Å²) in [6, 6.07) is 1.92. The first-order valence-electron chi connectivity index (χ1n) is 13.5. The quantitative estimate of drug-likeness (QED) is 0.0974. The van der Waals surface area contributed by atoms with Gasteiger partial charge in [0.1, 0.15) is 6.10 Å². The number of rotatable bonds is 21. The zero-order valence-corrected chi connectivity index (χ0v) is 33.6. The highest BCUT2D eigenvalue weighted by Crippen LogP contribution is 2.33. The lowest BCUT2D eigenvalue weighted by Crippen LogP contribution is -2.61. The highest BCUT2D eigenvalue weighted by Gasteiger charge is 2.51. The molecule has 17 heteroatoms. The first kappa shape index (κ1) is 37.1. The van der Waals surface area contributed by atoms with Gasteiger partial charge in [-0.05, 0) is 78.1 Å². The maximum atomic E-state index is 7.12. The van der Waals surface area contributed by atoms with Gasteiger partial charge in [0.15, 0.2) is 16.6 Å². The minimum atomic E-state index is -2.89. The third kappa shape index (κ3) is 15.4. The van der Waals surface area contributed by atoms with Crippen LogP contribution in [0.5, 0.6) is 0 Å². The summed E-state index contributed by atoms with van der Waals surface area (Å²) < 4.78 is 62.1. The van der Waals surface area contributed by atoms with Crippen LogP contribution in [0.1, 0.15) is 0 Å². The lowest BCUT2D eigenvalue weighted by atomic mass is 10.5. The lowest BCUT2D eigenvalue weighted by Gasteiger charge is -2.44. The minimum absolute atomic E-state index is 0.230. The molecule has 4 unspecified atom stereocenters. The van der Waals surface area contributed by atoms with Gasteiger partial charge in [-0.3, -0.25) is 0 Å². The molecule has 0 N–H and O–H groups in total. The van der Waals surface area contributed by atoms with Crippen molar-refractivity contribution in [2.45, 2.75) is 96.3 Å². The van der Waals surface area contributed by atoms with Crippen molar-refractivity contribution in [2.24, 2.45) is 0 Å². The Bertz CT molecular complexity index is 693. The standard InChI is InChI=1S/C21H56O10Si7/c1-22-38(23-2,24-3)18-17-37(14,30-35(11,12)28-32(4)27-33(5,6)7)31-36(13,29-34(8,9)10)16-15-25-19-21-20-26-21/h21,32H,15-20H2,1-14H3. The summed E-state index contributed by atoms with van der Waals surface area (Å²) in [5.41, 5.74) is 0. The molecule has 1 fully saturated rings. The van der Waals surface area contributed by atoms with Crippen LogP contribution in [0.25, 0.3) is 0 Å². The SMILES string of the molecule is CO[Si](CC[Si](C)(O[Si](C)(C)O[SiH](C)O[Si](C)(C)C)O[Si](C)(CCOCC1CO1)O[Si](C)(C)C)(OC)OC. The van der Waals surface area contributed by atoms with Crippen molar-refractivity contribution in [3.8, 4) is 0 Å². The lowest BCUT2D eigenvalue weighted by molar-refractivity contribution is 0.121. The molecule has 0 radical (unpaired) electrons. The molecule has 0 amide bonds. The summed E-state index contributed by atoms with van der Waals surface area (Å²) >= 11 is 0. The predicted molar refractivity (Wildman–Crippen MR) is 168 cm³/mol. The number of hydrogen-bond acceptors (Lipinski definition) is 10. The molecule has 0 bridgehead atoms. The summed E-state index contributed by atoms with van der Waals surface area (Å²) in [4.78, 5) is 0. The molecule has 1 saturated heterocycles. The molecule has 1 aliphatic rings. The Labute approximate surface area is 240 Å². The fourth-order valence-corrected chi connectivity index (χ4v) is 33.2. The van der Waals surface area contributed by atoms with E-state index in [0.29, 0.717) is 31.3 Å². The average molecular weight is 665 g/mol. The number of epoxide rings is 1. The van der Waals surface area contributed by atoms with Crippen molar-refractivity contribution in [3.05, 3.63) is 0 Å². The second-order valence-electron chi connectivity index (χ2n) is 12.6. The fraction of sp³-hybridized carbons (Fsp3) is 1.00. The predicted octanol–water partition coefficient (Wildman–Crippen LogP) is 4.73. The van der Waals surface area contributed by atoms with E-state index in [1.54, 1.807) is 21.3 Å². The molecule has 0 aromatic carbocycles. The molecule has 0 aromatic heterocycles. The molecular formula is C21H56O10Si7. The minimum Gasteiger partial charge on any atom is -0.439 e. The van der Waals surface area contributed by atoms with E-state index in [-0.39, 0.29) is 6.10 Å². The van der Waals surface area contributed by atoms with Crippen LogP contribution in [0, 0.1) is 0 Å². The third-order valence-electron chi connectivity index (χ3n) is 5.61. The molecule has 0 saturated carbocycles. The van der Waals surface area contributed by atoms with Crippen LogP contribution in [0.3, 0.4) is 0 Å². The van der Waals surface area contributed by atoms with Crippen LogP contribution in [-0.4, -0.2) is 108 Å². The van der Waals surface area contributed by atoms with Crippen molar-refractivity contribution in [2.75, 3.05) is 41.2 Å². The van der Waals surface area contributed by atoms with Crippen LogP contribution in [-0.2, 0) is 43.3 Å². The van der Waals surface area contributed by atoms with E-state index in [4.69, 9.17) is 43.3 Å². The Morgan fingerprint density at radius 1 is 0.684 bits per heavy atom. The van der Waals surface area contributed by atoms with Gasteiger partial charge >= 0.3 is 34.5 Å². The van der Waals surface area contributed by atoms with E-state index in [1.165, 1.54) is 0 Å². The largest absolute Gasteiger partial charge is 0.500 e. The highest BCUT2D eigenvalue weighted by molar-refractivity contribution is 6.90. The Morgan fingerprint density at radius 3 is 1.66 bits per heavy atom. The molecule has 228 valence electrons. The molecule has 10 nitrogen and oxygen atoms in total. The van der Waals surface area contributed by atoms with Gasteiger partial charge < -0.3 is 43.3 Å². The van der Waals surface area contributed by atoms with Gasteiger partial charge in [0.25, 0.3) is 9.28 Å². The van der Waals surface area contributed by atoms with Crippen LogP contribution in [0.15, 0.2) is 0 Å². The second-order valence-corrected chi connectivity index (χ2v) is 37.9. The molecule has 1 aliphatic heterocycles. The zero-order chi connectivity index (χ0) is 29.5. The molecule has 4 atom stereocenters. The number of ether oxygens (including phenoxy) is 2. The molecule has 38 heavy (non-hydrogen) atoms. The van der Waals surface area contributed by atoms with E-state index < -0.39 is 60.4 Å². The summed E-state index contributed by atoms with van der Waals surface area (Å²) in [6.07, 6.45) is 0.230. The van der Waals surface area contributed by atoms with Gasteiger partial charge in [-0.2, -0.15) is 0 Å². The van der Waals surface area contributed by atoms with Gasteiger partial charge in [0, 0.05) is 40.0 Å². The first-order valence-corrected chi connectivity index (χ1v) is 32.2. The monoisotopic (exact) mass is 664 g/mol. The topological polar surface area (TPSA) is 95.6 Å². The maximum absolute atomic E-state index is 7.12. The van der Waals surface area contributed by atoms with E-state index in [0.717, 1.165) is 6.61 Å². The van der Waals surface area contributed by atoms with Crippen molar-refractivity contribution < 1.29 is 43.3 Å². The number of hydrogen-bond donors (Lipinski definition) is 0. The van der Waals surface area contributed by atoms with Crippen LogP contribution in [0.4, 0.5) is 0 Å². The molecule has 0 spiro atoms. The zero-order valence-electron chi connectivity index (χ0n) is 26.5. The summed E-state index contributed by atoms with van der Waals surface area (Å²) in [6.45, 7) is 25.6. The van der Waals surface area contributed by atoms with Crippen molar-refractivity contribution in [1.82, 2.24) is 0 Å². The fourth-order valence-electron chi connectivity index (χ4n) is 4.39. The molecule has 1 rings (SSSR count). The van der Waals surface area contributed by atoms with Crippen LogP contribution >= 0.6 is 0 Å². The van der Waals surface area contributed by atoms with Crippen molar-refractivity contribution in [1.29, 1.82) is 0 Å². The molecular weight excluding hydrogens is 609 g/mol. The second kappa shape index (κ2) is 15.0. The Kier molecular flexibility index (Phi) is 14.7. The molecule has 0 aliphatic carbocycles. The smallest absolute Gasteiger partial charge is 0.439 e. The normalized spacial score (nSPS) is 21.2. The van der Waals surface area contributed by atoms with Gasteiger partial charge in [0.2, 0.25) is 0 Å². The third-order valence-corrected chi connectivity index (χ3v) is 30.2. The van der Waals surface area contributed by atoms with E-state index in [9.17, 15) is 0 Å². The molecule has 1 heterocycles. The van der Waals surface area contributed by atoms with Crippen LogP contribution < -0.4 is 0 Å².